The van der Waals surface area contributed by atoms with Crippen LogP contribution in [0.5, 0.6) is 0 Å². The summed E-state index contributed by atoms with van der Waals surface area (Å²) in [5.74, 6) is 0.527. The highest BCUT2D eigenvalue weighted by Crippen LogP contribution is 2.25. The summed E-state index contributed by atoms with van der Waals surface area (Å²) in [4.78, 5) is 3.85. The maximum Gasteiger partial charge on any atom is 0.213 e. The van der Waals surface area contributed by atoms with Crippen molar-refractivity contribution in [1.82, 2.24) is 15.5 Å². The van der Waals surface area contributed by atoms with Gasteiger partial charge in [0.15, 0.2) is 5.82 Å². The number of hydrogen-bond acceptors (Lipinski definition) is 5. The van der Waals surface area contributed by atoms with Crippen LogP contribution in [0.2, 0.25) is 10.0 Å². The first-order valence-corrected chi connectivity index (χ1v) is 6.01. The Morgan fingerprint density at radius 1 is 1.39 bits per heavy atom. The first-order valence-electron chi connectivity index (χ1n) is 5.26. The van der Waals surface area contributed by atoms with Crippen LogP contribution in [0.3, 0.4) is 0 Å². The molecule has 7 heteroatoms. The Hall–Kier alpha value is -1.14. The molecule has 1 heterocycles. The van der Waals surface area contributed by atoms with E-state index in [9.17, 15) is 5.11 Å². The van der Waals surface area contributed by atoms with Crippen LogP contribution in [0.15, 0.2) is 29.1 Å². The van der Waals surface area contributed by atoms with E-state index in [0.717, 1.165) is 0 Å². The smallest absolute Gasteiger partial charge is 0.213 e. The van der Waals surface area contributed by atoms with Gasteiger partial charge in [-0.1, -0.05) is 28.4 Å². The van der Waals surface area contributed by atoms with Crippen LogP contribution >= 0.6 is 23.2 Å². The molecule has 0 fully saturated rings. The van der Waals surface area contributed by atoms with E-state index < -0.39 is 6.10 Å². The first kappa shape index (κ1) is 13.3. The predicted molar refractivity (Wildman–Crippen MR) is 67.4 cm³/mol. The Labute approximate surface area is 114 Å². The van der Waals surface area contributed by atoms with Gasteiger partial charge in [-0.25, -0.2) is 0 Å². The summed E-state index contributed by atoms with van der Waals surface area (Å²) in [6, 6.07) is 4.97. The average Bonchev–Trinajstić information content (AvgIpc) is 2.85. The molecule has 2 N–H and O–H groups in total. The summed E-state index contributed by atoms with van der Waals surface area (Å²) in [5.41, 5.74) is 0.588. The summed E-state index contributed by atoms with van der Waals surface area (Å²) >= 11 is 11.8. The Morgan fingerprint density at radius 2 is 2.22 bits per heavy atom. The third-order valence-corrected chi connectivity index (χ3v) is 2.92. The Kier molecular flexibility index (Phi) is 4.54. The van der Waals surface area contributed by atoms with Gasteiger partial charge in [0.2, 0.25) is 6.39 Å². The molecule has 1 aromatic carbocycles. The molecule has 0 saturated heterocycles. The molecule has 0 saturated carbocycles. The molecular weight excluding hydrogens is 277 g/mol. The SMILES string of the molecule is OC(CNCc1ncon1)c1cc(Cl)ccc1Cl. The van der Waals surface area contributed by atoms with E-state index in [4.69, 9.17) is 23.2 Å². The highest BCUT2D eigenvalue weighted by Gasteiger charge is 2.12. The average molecular weight is 288 g/mol. The van der Waals surface area contributed by atoms with E-state index in [2.05, 4.69) is 20.0 Å². The van der Waals surface area contributed by atoms with Crippen LogP contribution in [-0.2, 0) is 6.54 Å². The summed E-state index contributed by atoms with van der Waals surface area (Å²) in [6.45, 7) is 0.723. The van der Waals surface area contributed by atoms with E-state index in [1.807, 2.05) is 0 Å². The van der Waals surface area contributed by atoms with Crippen LogP contribution in [0.25, 0.3) is 0 Å². The monoisotopic (exact) mass is 287 g/mol. The number of aliphatic hydroxyl groups excluding tert-OH is 1. The lowest BCUT2D eigenvalue weighted by Crippen LogP contribution is -2.21. The first-order chi connectivity index (χ1) is 8.66. The molecule has 1 unspecified atom stereocenters. The Balaban J connectivity index is 1.91. The van der Waals surface area contributed by atoms with E-state index in [1.54, 1.807) is 18.2 Å². The molecule has 0 aliphatic rings. The van der Waals surface area contributed by atoms with Gasteiger partial charge in [-0.3, -0.25) is 0 Å². The van der Waals surface area contributed by atoms with Crippen molar-refractivity contribution < 1.29 is 9.63 Å². The molecule has 2 aromatic rings. The zero-order valence-electron chi connectivity index (χ0n) is 9.31. The van der Waals surface area contributed by atoms with E-state index >= 15 is 0 Å². The quantitative estimate of drug-likeness (QED) is 0.882. The predicted octanol–water partition coefficient (Wildman–Crippen LogP) is 2.20. The summed E-state index contributed by atoms with van der Waals surface area (Å²) < 4.78 is 4.59. The van der Waals surface area contributed by atoms with E-state index in [0.29, 0.717) is 34.5 Å². The van der Waals surface area contributed by atoms with Crippen LogP contribution in [-0.4, -0.2) is 21.8 Å². The number of aliphatic hydroxyl groups is 1. The fraction of sp³-hybridized carbons (Fsp3) is 0.273. The van der Waals surface area contributed by atoms with Gasteiger partial charge < -0.3 is 14.9 Å². The van der Waals surface area contributed by atoms with Crippen molar-refractivity contribution in [2.75, 3.05) is 6.54 Å². The van der Waals surface area contributed by atoms with Crippen LogP contribution in [0.4, 0.5) is 0 Å². The lowest BCUT2D eigenvalue weighted by Gasteiger charge is -2.13. The number of halogens is 2. The topological polar surface area (TPSA) is 71.2 Å². The molecule has 1 aromatic heterocycles. The van der Waals surface area contributed by atoms with Crippen molar-refractivity contribution in [3.8, 4) is 0 Å². The van der Waals surface area contributed by atoms with Gasteiger partial charge in [-0.05, 0) is 18.2 Å². The molecule has 18 heavy (non-hydrogen) atoms. The molecule has 0 aliphatic heterocycles. The minimum absolute atomic E-state index is 0.314. The normalized spacial score (nSPS) is 12.6. The van der Waals surface area contributed by atoms with Crippen molar-refractivity contribution in [2.24, 2.45) is 0 Å². The molecule has 0 spiro atoms. The fourth-order valence-corrected chi connectivity index (χ4v) is 1.89. The van der Waals surface area contributed by atoms with E-state index in [-0.39, 0.29) is 0 Å². The number of benzene rings is 1. The third kappa shape index (κ3) is 3.43. The van der Waals surface area contributed by atoms with Gasteiger partial charge in [0.1, 0.15) is 0 Å². The van der Waals surface area contributed by atoms with Gasteiger partial charge in [-0.15, -0.1) is 0 Å². The zero-order valence-corrected chi connectivity index (χ0v) is 10.8. The molecule has 0 bridgehead atoms. The van der Waals surface area contributed by atoms with Crippen molar-refractivity contribution >= 4 is 23.2 Å². The molecule has 2 rings (SSSR count). The summed E-state index contributed by atoms with van der Waals surface area (Å²) in [5, 5.41) is 17.6. The van der Waals surface area contributed by atoms with Crippen molar-refractivity contribution in [1.29, 1.82) is 0 Å². The van der Waals surface area contributed by atoms with Crippen LogP contribution in [0.1, 0.15) is 17.5 Å². The molecule has 0 amide bonds. The highest BCUT2D eigenvalue weighted by atomic mass is 35.5. The summed E-state index contributed by atoms with van der Waals surface area (Å²) in [6.07, 6.45) is 0.504. The van der Waals surface area contributed by atoms with Gasteiger partial charge >= 0.3 is 0 Å². The lowest BCUT2D eigenvalue weighted by atomic mass is 10.1. The van der Waals surface area contributed by atoms with Gasteiger partial charge in [0.05, 0.1) is 12.6 Å². The van der Waals surface area contributed by atoms with Crippen molar-refractivity contribution in [3.05, 3.63) is 46.0 Å². The Morgan fingerprint density at radius 3 is 2.94 bits per heavy atom. The lowest BCUT2D eigenvalue weighted by molar-refractivity contribution is 0.174. The summed E-state index contributed by atoms with van der Waals surface area (Å²) in [7, 11) is 0. The van der Waals surface area contributed by atoms with Crippen molar-refractivity contribution in [3.63, 3.8) is 0 Å². The molecule has 5 nitrogen and oxygen atoms in total. The minimum atomic E-state index is -0.747. The molecule has 0 radical (unpaired) electrons. The van der Waals surface area contributed by atoms with Gasteiger partial charge in [-0.2, -0.15) is 4.98 Å². The molecule has 0 aliphatic carbocycles. The molecular formula is C11H11Cl2N3O2. The van der Waals surface area contributed by atoms with Crippen LogP contribution < -0.4 is 5.32 Å². The number of hydrogen-bond donors (Lipinski definition) is 2. The molecule has 1 atom stereocenters. The highest BCUT2D eigenvalue weighted by molar-refractivity contribution is 6.33. The second-order valence-electron chi connectivity index (χ2n) is 3.66. The van der Waals surface area contributed by atoms with Gasteiger partial charge in [0.25, 0.3) is 0 Å². The number of rotatable bonds is 5. The molecule has 96 valence electrons. The maximum absolute atomic E-state index is 9.98. The third-order valence-electron chi connectivity index (χ3n) is 2.34. The van der Waals surface area contributed by atoms with Crippen molar-refractivity contribution in [2.45, 2.75) is 12.6 Å². The zero-order chi connectivity index (χ0) is 13.0. The van der Waals surface area contributed by atoms with Gasteiger partial charge in [0, 0.05) is 22.2 Å². The second kappa shape index (κ2) is 6.15. The maximum atomic E-state index is 9.98. The van der Waals surface area contributed by atoms with Crippen LogP contribution in [0, 0.1) is 0 Å². The number of nitrogens with one attached hydrogen (secondary N) is 1. The Bertz CT molecular complexity index is 505. The number of aromatic nitrogens is 2. The standard InChI is InChI=1S/C11H11Cl2N3O2/c12-7-1-2-9(13)8(3-7)10(17)4-14-5-11-15-6-18-16-11/h1-3,6,10,14,17H,4-5H2. The largest absolute Gasteiger partial charge is 0.387 e. The number of nitrogens with zero attached hydrogens (tertiary/aromatic N) is 2. The minimum Gasteiger partial charge on any atom is -0.387 e. The van der Waals surface area contributed by atoms with E-state index in [1.165, 1.54) is 6.39 Å². The fourth-order valence-electron chi connectivity index (χ4n) is 1.47. The second-order valence-corrected chi connectivity index (χ2v) is 4.50.